The fourth-order valence-electron chi connectivity index (χ4n) is 1.76. The predicted molar refractivity (Wildman–Crippen MR) is 72.1 cm³/mol. The molecule has 1 rings (SSSR count). The minimum absolute atomic E-state index is 0.0901. The molecule has 0 aliphatic carbocycles. The van der Waals surface area contributed by atoms with Crippen molar-refractivity contribution in [1.29, 1.82) is 0 Å². The van der Waals surface area contributed by atoms with Crippen molar-refractivity contribution < 1.29 is 0 Å². The van der Waals surface area contributed by atoms with Crippen molar-refractivity contribution in [3.63, 3.8) is 0 Å². The van der Waals surface area contributed by atoms with E-state index < -0.39 is 0 Å². The maximum Gasteiger partial charge on any atom is 0.0368 e. The first-order valence-electron chi connectivity index (χ1n) is 5.86. The lowest BCUT2D eigenvalue weighted by molar-refractivity contribution is 0.479. The molecule has 0 saturated carbocycles. The maximum atomic E-state index is 5.99. The minimum atomic E-state index is -0.0901. The third kappa shape index (κ3) is 4.23. The Bertz CT molecular complexity index is 330. The molecule has 1 aromatic rings. The molecule has 0 fully saturated rings. The van der Waals surface area contributed by atoms with Crippen molar-refractivity contribution in [2.24, 2.45) is 5.73 Å². The summed E-state index contributed by atoms with van der Waals surface area (Å²) in [5, 5.41) is 0. The molecule has 0 bridgehead atoms. The van der Waals surface area contributed by atoms with Crippen LogP contribution in [0.3, 0.4) is 0 Å². The third-order valence-corrected chi connectivity index (χ3v) is 2.74. The highest BCUT2D eigenvalue weighted by molar-refractivity contribution is 5.50. The second-order valence-electron chi connectivity index (χ2n) is 5.51. The molecule has 0 saturated heterocycles. The molecule has 90 valence electrons. The fraction of sp³-hybridized carbons (Fsp3) is 0.571. The molecule has 16 heavy (non-hydrogen) atoms. The molecule has 0 unspecified atom stereocenters. The molecule has 0 aliphatic rings. The van der Waals surface area contributed by atoms with E-state index in [4.69, 9.17) is 5.73 Å². The van der Waals surface area contributed by atoms with Gasteiger partial charge in [0.25, 0.3) is 0 Å². The lowest BCUT2D eigenvalue weighted by Crippen LogP contribution is -2.36. The van der Waals surface area contributed by atoms with E-state index in [1.807, 2.05) is 0 Å². The Morgan fingerprint density at radius 1 is 1.12 bits per heavy atom. The molecule has 0 radical (unpaired) electrons. The summed E-state index contributed by atoms with van der Waals surface area (Å²) in [5.74, 6) is 0. The first kappa shape index (κ1) is 13.0. The Balaban J connectivity index is 2.69. The van der Waals surface area contributed by atoms with Gasteiger partial charge in [-0.2, -0.15) is 0 Å². The molecule has 2 nitrogen and oxygen atoms in total. The van der Waals surface area contributed by atoms with Crippen LogP contribution in [-0.4, -0.2) is 19.1 Å². The van der Waals surface area contributed by atoms with Gasteiger partial charge in [-0.15, -0.1) is 0 Å². The number of anilines is 1. The van der Waals surface area contributed by atoms with E-state index in [0.29, 0.717) is 0 Å². The summed E-state index contributed by atoms with van der Waals surface area (Å²) in [5.41, 5.74) is 9.81. The Kier molecular flexibility index (Phi) is 3.98. The summed E-state index contributed by atoms with van der Waals surface area (Å²) >= 11 is 0. The van der Waals surface area contributed by atoms with Crippen LogP contribution >= 0.6 is 0 Å². The number of rotatable bonds is 4. The van der Waals surface area contributed by atoms with Crippen LogP contribution in [0.5, 0.6) is 0 Å². The Morgan fingerprint density at radius 2 is 1.62 bits per heavy atom. The van der Waals surface area contributed by atoms with Crippen LogP contribution in [-0.2, 0) is 0 Å². The molecule has 0 amide bonds. The number of benzene rings is 1. The number of hydrogen-bond acceptors (Lipinski definition) is 2. The summed E-state index contributed by atoms with van der Waals surface area (Å²) in [6.07, 6.45) is 0.997. The zero-order valence-corrected chi connectivity index (χ0v) is 11.2. The van der Waals surface area contributed by atoms with Gasteiger partial charge in [-0.05, 0) is 57.4 Å². The molecule has 0 spiro atoms. The van der Waals surface area contributed by atoms with Gasteiger partial charge in [0.1, 0.15) is 0 Å². The molecule has 0 heterocycles. The smallest absolute Gasteiger partial charge is 0.0368 e. The molecular formula is C14H24N2. The van der Waals surface area contributed by atoms with E-state index in [-0.39, 0.29) is 5.54 Å². The van der Waals surface area contributed by atoms with Gasteiger partial charge < -0.3 is 10.6 Å². The first-order valence-corrected chi connectivity index (χ1v) is 5.86. The largest absolute Gasteiger partial charge is 0.375 e. The van der Waals surface area contributed by atoms with Gasteiger partial charge in [0.15, 0.2) is 0 Å². The lowest BCUT2D eigenvalue weighted by atomic mass is 10.0. The SMILES string of the molecule is Cc1cc(C)cc(N(C)CCC(C)(C)N)c1. The van der Waals surface area contributed by atoms with E-state index in [1.54, 1.807) is 0 Å². The number of hydrogen-bond donors (Lipinski definition) is 1. The molecule has 1 aromatic carbocycles. The van der Waals surface area contributed by atoms with Crippen molar-refractivity contribution >= 4 is 5.69 Å². The second kappa shape index (κ2) is 4.88. The summed E-state index contributed by atoms with van der Waals surface area (Å²) in [4.78, 5) is 2.27. The second-order valence-corrected chi connectivity index (χ2v) is 5.51. The van der Waals surface area contributed by atoms with Gasteiger partial charge >= 0.3 is 0 Å². The predicted octanol–water partition coefficient (Wildman–Crippen LogP) is 2.87. The van der Waals surface area contributed by atoms with E-state index in [2.05, 4.69) is 57.8 Å². The highest BCUT2D eigenvalue weighted by Crippen LogP contribution is 2.18. The Labute approximate surface area is 99.5 Å². The van der Waals surface area contributed by atoms with Gasteiger partial charge in [0, 0.05) is 24.8 Å². The number of aryl methyl sites for hydroxylation is 2. The zero-order chi connectivity index (χ0) is 12.3. The van der Waals surface area contributed by atoms with Gasteiger partial charge in [0.05, 0.1) is 0 Å². The summed E-state index contributed by atoms with van der Waals surface area (Å²) in [7, 11) is 2.12. The van der Waals surface area contributed by atoms with Crippen LogP contribution in [0.15, 0.2) is 18.2 Å². The van der Waals surface area contributed by atoms with Gasteiger partial charge in [0.2, 0.25) is 0 Å². The Hall–Kier alpha value is -1.02. The van der Waals surface area contributed by atoms with E-state index in [0.717, 1.165) is 13.0 Å². The molecular weight excluding hydrogens is 196 g/mol. The van der Waals surface area contributed by atoms with Crippen LogP contribution in [0.1, 0.15) is 31.4 Å². The van der Waals surface area contributed by atoms with E-state index in [1.165, 1.54) is 16.8 Å². The molecule has 0 aromatic heterocycles. The Morgan fingerprint density at radius 3 is 2.06 bits per heavy atom. The normalized spacial score (nSPS) is 11.6. The highest BCUT2D eigenvalue weighted by atomic mass is 15.1. The monoisotopic (exact) mass is 220 g/mol. The van der Waals surface area contributed by atoms with Crippen molar-refractivity contribution in [1.82, 2.24) is 0 Å². The third-order valence-electron chi connectivity index (χ3n) is 2.74. The quantitative estimate of drug-likeness (QED) is 0.845. The minimum Gasteiger partial charge on any atom is -0.375 e. The van der Waals surface area contributed by atoms with Crippen LogP contribution in [0.25, 0.3) is 0 Å². The molecule has 0 atom stereocenters. The summed E-state index contributed by atoms with van der Waals surface area (Å²) < 4.78 is 0. The van der Waals surface area contributed by atoms with E-state index in [9.17, 15) is 0 Å². The topological polar surface area (TPSA) is 29.3 Å². The standard InChI is InChI=1S/C14H24N2/c1-11-8-12(2)10-13(9-11)16(5)7-6-14(3,4)15/h8-10H,6-7,15H2,1-5H3. The summed E-state index contributed by atoms with van der Waals surface area (Å²) in [6, 6.07) is 6.64. The number of nitrogens with two attached hydrogens (primary N) is 1. The molecule has 2 heteroatoms. The van der Waals surface area contributed by atoms with Crippen molar-refractivity contribution in [2.75, 3.05) is 18.5 Å². The van der Waals surface area contributed by atoms with Gasteiger partial charge in [-0.25, -0.2) is 0 Å². The average molecular weight is 220 g/mol. The van der Waals surface area contributed by atoms with Crippen LogP contribution in [0.2, 0.25) is 0 Å². The highest BCUT2D eigenvalue weighted by Gasteiger charge is 2.12. The van der Waals surface area contributed by atoms with E-state index >= 15 is 0 Å². The average Bonchev–Trinajstić information content (AvgIpc) is 2.11. The van der Waals surface area contributed by atoms with Crippen LogP contribution in [0, 0.1) is 13.8 Å². The first-order chi connectivity index (χ1) is 7.28. The van der Waals surface area contributed by atoms with Crippen molar-refractivity contribution in [3.8, 4) is 0 Å². The van der Waals surface area contributed by atoms with Crippen LogP contribution in [0.4, 0.5) is 5.69 Å². The molecule has 2 N–H and O–H groups in total. The van der Waals surface area contributed by atoms with Crippen molar-refractivity contribution in [2.45, 2.75) is 39.7 Å². The molecule has 0 aliphatic heterocycles. The zero-order valence-electron chi connectivity index (χ0n) is 11.2. The van der Waals surface area contributed by atoms with Crippen LogP contribution < -0.4 is 10.6 Å². The number of nitrogens with zero attached hydrogens (tertiary/aromatic N) is 1. The van der Waals surface area contributed by atoms with Gasteiger partial charge in [-0.1, -0.05) is 6.07 Å². The van der Waals surface area contributed by atoms with Gasteiger partial charge in [-0.3, -0.25) is 0 Å². The fourth-order valence-corrected chi connectivity index (χ4v) is 1.76. The maximum absolute atomic E-state index is 5.99. The summed E-state index contributed by atoms with van der Waals surface area (Å²) in [6.45, 7) is 9.41. The van der Waals surface area contributed by atoms with Crippen molar-refractivity contribution in [3.05, 3.63) is 29.3 Å². The lowest BCUT2D eigenvalue weighted by Gasteiger charge is -2.25.